The van der Waals surface area contributed by atoms with Gasteiger partial charge in [0.1, 0.15) is 5.82 Å². The molecule has 3 rings (SSSR count). The van der Waals surface area contributed by atoms with Crippen molar-refractivity contribution in [2.75, 3.05) is 26.2 Å². The first-order valence-corrected chi connectivity index (χ1v) is 11.5. The van der Waals surface area contributed by atoms with E-state index in [0.29, 0.717) is 5.56 Å². The van der Waals surface area contributed by atoms with Crippen molar-refractivity contribution in [1.82, 2.24) is 8.61 Å². The summed E-state index contributed by atoms with van der Waals surface area (Å²) in [5, 5.41) is 0. The van der Waals surface area contributed by atoms with Gasteiger partial charge in [0.05, 0.1) is 10.6 Å². The number of nitrogens with zero attached hydrogens (tertiary/aromatic N) is 2. The molecule has 1 aliphatic rings. The van der Waals surface area contributed by atoms with E-state index < -0.39 is 25.9 Å². The molecule has 0 aliphatic carbocycles. The van der Waals surface area contributed by atoms with Crippen molar-refractivity contribution in [3.8, 4) is 0 Å². The Balaban J connectivity index is 1.68. The monoisotopic (exact) mass is 412 g/mol. The van der Waals surface area contributed by atoms with Gasteiger partial charge in [-0.3, -0.25) is 0 Å². The van der Waals surface area contributed by atoms with Gasteiger partial charge in [-0.15, -0.1) is 0 Å². The Morgan fingerprint density at radius 1 is 0.889 bits per heavy atom. The molecule has 0 N–H and O–H groups in total. The third-order valence-electron chi connectivity index (χ3n) is 4.49. The Labute approximate surface area is 159 Å². The number of aryl methyl sites for hydroxylation is 1. The summed E-state index contributed by atoms with van der Waals surface area (Å²) < 4.78 is 66.4. The molecular formula is C18H21FN2O4S2. The lowest BCUT2D eigenvalue weighted by molar-refractivity contribution is 0.272. The van der Waals surface area contributed by atoms with Crippen molar-refractivity contribution < 1.29 is 21.2 Å². The van der Waals surface area contributed by atoms with Crippen LogP contribution in [0.4, 0.5) is 4.39 Å². The minimum absolute atomic E-state index is 0.0722. The highest BCUT2D eigenvalue weighted by molar-refractivity contribution is 7.89. The van der Waals surface area contributed by atoms with Gasteiger partial charge < -0.3 is 0 Å². The standard InChI is InChI=1S/C18H21FN2O4S2/c1-15-5-7-18(8-6-15)27(24,25)21-11-9-20(10-12-21)26(22,23)14-16-3-2-4-17(19)13-16/h2-8,13H,9-12,14H2,1H3. The van der Waals surface area contributed by atoms with E-state index >= 15 is 0 Å². The van der Waals surface area contributed by atoms with Gasteiger partial charge in [0.15, 0.2) is 0 Å². The summed E-state index contributed by atoms with van der Waals surface area (Å²) >= 11 is 0. The fraction of sp³-hybridized carbons (Fsp3) is 0.333. The van der Waals surface area contributed by atoms with E-state index in [2.05, 4.69) is 0 Å². The summed E-state index contributed by atoms with van der Waals surface area (Å²) in [5.41, 5.74) is 1.33. The molecule has 2 aromatic rings. The number of rotatable bonds is 5. The minimum Gasteiger partial charge on any atom is -0.212 e. The number of hydrogen-bond acceptors (Lipinski definition) is 4. The largest absolute Gasteiger partial charge is 0.243 e. The molecular weight excluding hydrogens is 391 g/mol. The van der Waals surface area contributed by atoms with Crippen molar-refractivity contribution in [3.63, 3.8) is 0 Å². The molecule has 1 fully saturated rings. The van der Waals surface area contributed by atoms with Crippen molar-refractivity contribution in [2.45, 2.75) is 17.6 Å². The average Bonchev–Trinajstić information content (AvgIpc) is 2.62. The lowest BCUT2D eigenvalue weighted by Gasteiger charge is -2.33. The fourth-order valence-electron chi connectivity index (χ4n) is 2.98. The second kappa shape index (κ2) is 7.67. The Kier molecular flexibility index (Phi) is 5.66. The quantitative estimate of drug-likeness (QED) is 0.753. The van der Waals surface area contributed by atoms with Crippen LogP contribution in [0.1, 0.15) is 11.1 Å². The topological polar surface area (TPSA) is 74.8 Å². The number of halogens is 1. The van der Waals surface area contributed by atoms with Crippen molar-refractivity contribution in [1.29, 1.82) is 0 Å². The van der Waals surface area contributed by atoms with Crippen LogP contribution in [0, 0.1) is 12.7 Å². The lowest BCUT2D eigenvalue weighted by atomic mass is 10.2. The zero-order chi connectivity index (χ0) is 19.7. The Hall–Kier alpha value is -1.81. The highest BCUT2D eigenvalue weighted by Gasteiger charge is 2.33. The van der Waals surface area contributed by atoms with Crippen LogP contribution >= 0.6 is 0 Å². The molecule has 0 bridgehead atoms. The zero-order valence-corrected chi connectivity index (χ0v) is 16.5. The van der Waals surface area contributed by atoms with Gasteiger partial charge in [0.25, 0.3) is 0 Å². The highest BCUT2D eigenvalue weighted by atomic mass is 32.2. The molecule has 0 saturated carbocycles. The van der Waals surface area contributed by atoms with Crippen LogP contribution in [0.25, 0.3) is 0 Å². The molecule has 6 nitrogen and oxygen atoms in total. The molecule has 27 heavy (non-hydrogen) atoms. The van der Waals surface area contributed by atoms with Crippen LogP contribution in [-0.2, 0) is 25.8 Å². The van der Waals surface area contributed by atoms with Gasteiger partial charge in [-0.2, -0.15) is 8.61 Å². The van der Waals surface area contributed by atoms with E-state index in [4.69, 9.17) is 0 Å². The van der Waals surface area contributed by atoms with Crippen molar-refractivity contribution in [2.24, 2.45) is 0 Å². The van der Waals surface area contributed by atoms with E-state index in [1.807, 2.05) is 6.92 Å². The zero-order valence-electron chi connectivity index (χ0n) is 14.9. The molecule has 2 aromatic carbocycles. The van der Waals surface area contributed by atoms with E-state index in [1.54, 1.807) is 30.3 Å². The number of hydrogen-bond donors (Lipinski definition) is 0. The van der Waals surface area contributed by atoms with Crippen molar-refractivity contribution in [3.05, 3.63) is 65.5 Å². The molecule has 1 heterocycles. The second-order valence-electron chi connectivity index (χ2n) is 6.50. The van der Waals surface area contributed by atoms with E-state index in [1.165, 1.54) is 26.8 Å². The summed E-state index contributed by atoms with van der Waals surface area (Å²) in [6.07, 6.45) is 0. The van der Waals surface area contributed by atoms with Crippen LogP contribution in [-0.4, -0.2) is 51.6 Å². The van der Waals surface area contributed by atoms with Crippen LogP contribution in [0.15, 0.2) is 53.4 Å². The first-order chi connectivity index (χ1) is 12.7. The summed E-state index contributed by atoms with van der Waals surface area (Å²) in [7, 11) is -7.30. The third-order valence-corrected chi connectivity index (χ3v) is 8.25. The van der Waals surface area contributed by atoms with E-state index in [-0.39, 0.29) is 36.8 Å². The predicted molar refractivity (Wildman–Crippen MR) is 101 cm³/mol. The maximum atomic E-state index is 13.3. The normalized spacial score (nSPS) is 17.1. The Bertz CT molecular complexity index is 1010. The predicted octanol–water partition coefficient (Wildman–Crippen LogP) is 1.97. The minimum atomic E-state index is -3.65. The average molecular weight is 413 g/mol. The lowest BCUT2D eigenvalue weighted by Crippen LogP contribution is -2.50. The molecule has 0 unspecified atom stereocenters. The number of sulfonamides is 2. The molecule has 0 radical (unpaired) electrons. The molecule has 146 valence electrons. The van der Waals surface area contributed by atoms with Gasteiger partial charge >= 0.3 is 0 Å². The van der Waals surface area contributed by atoms with Crippen LogP contribution in [0.5, 0.6) is 0 Å². The van der Waals surface area contributed by atoms with Crippen LogP contribution in [0.2, 0.25) is 0 Å². The maximum Gasteiger partial charge on any atom is 0.243 e. The third kappa shape index (κ3) is 4.55. The molecule has 0 aromatic heterocycles. The smallest absolute Gasteiger partial charge is 0.212 e. The number of benzene rings is 2. The highest BCUT2D eigenvalue weighted by Crippen LogP contribution is 2.20. The van der Waals surface area contributed by atoms with Gasteiger partial charge in [-0.1, -0.05) is 29.8 Å². The van der Waals surface area contributed by atoms with Gasteiger partial charge in [0, 0.05) is 26.2 Å². The van der Waals surface area contributed by atoms with Gasteiger partial charge in [-0.05, 0) is 36.8 Å². The molecule has 9 heteroatoms. The van der Waals surface area contributed by atoms with Gasteiger partial charge in [-0.25, -0.2) is 21.2 Å². The maximum absolute atomic E-state index is 13.3. The van der Waals surface area contributed by atoms with Crippen LogP contribution in [0.3, 0.4) is 0 Å². The molecule has 1 saturated heterocycles. The van der Waals surface area contributed by atoms with E-state index in [0.717, 1.165) is 5.56 Å². The first-order valence-electron chi connectivity index (χ1n) is 8.47. The van der Waals surface area contributed by atoms with E-state index in [9.17, 15) is 21.2 Å². The summed E-state index contributed by atoms with van der Waals surface area (Å²) in [6, 6.07) is 12.0. The Morgan fingerprint density at radius 3 is 2.07 bits per heavy atom. The second-order valence-corrected chi connectivity index (χ2v) is 10.4. The SMILES string of the molecule is Cc1ccc(S(=O)(=O)N2CCN(S(=O)(=O)Cc3cccc(F)c3)CC2)cc1. The molecule has 1 aliphatic heterocycles. The fourth-order valence-corrected chi connectivity index (χ4v) is 5.90. The summed E-state index contributed by atoms with van der Waals surface area (Å²) in [5.74, 6) is -0.799. The molecule has 0 atom stereocenters. The number of piperazine rings is 1. The van der Waals surface area contributed by atoms with Crippen LogP contribution < -0.4 is 0 Å². The molecule has 0 spiro atoms. The summed E-state index contributed by atoms with van der Waals surface area (Å²) in [4.78, 5) is 0.198. The first kappa shape index (κ1) is 19.9. The van der Waals surface area contributed by atoms with Crippen molar-refractivity contribution >= 4 is 20.0 Å². The summed E-state index contributed by atoms with van der Waals surface area (Å²) in [6.45, 7) is 2.18. The Morgan fingerprint density at radius 2 is 1.48 bits per heavy atom. The molecule has 0 amide bonds. The van der Waals surface area contributed by atoms with Gasteiger partial charge in [0.2, 0.25) is 20.0 Å².